The molecule has 3 amide bonds. The molecule has 10 heteroatoms. The summed E-state index contributed by atoms with van der Waals surface area (Å²) in [6, 6.07) is 11.8. The van der Waals surface area contributed by atoms with Crippen LogP contribution in [-0.4, -0.2) is 42.0 Å². The van der Waals surface area contributed by atoms with Crippen LogP contribution in [0.3, 0.4) is 0 Å². The smallest absolute Gasteiger partial charge is 0.407 e. The molecule has 0 bridgehead atoms. The molecule has 10 nitrogen and oxygen atoms in total. The van der Waals surface area contributed by atoms with Crippen LogP contribution in [0, 0.1) is 0 Å². The Hall–Kier alpha value is -4.05. The summed E-state index contributed by atoms with van der Waals surface area (Å²) in [6.07, 6.45) is 2.28. The number of carbonyl (C=O) groups is 2. The van der Waals surface area contributed by atoms with Crippen molar-refractivity contribution in [3.8, 4) is 17.1 Å². The van der Waals surface area contributed by atoms with Crippen molar-refractivity contribution in [1.29, 1.82) is 0 Å². The van der Waals surface area contributed by atoms with Gasteiger partial charge in [-0.1, -0.05) is 19.1 Å². The van der Waals surface area contributed by atoms with Crippen molar-refractivity contribution in [2.75, 3.05) is 24.4 Å². The van der Waals surface area contributed by atoms with E-state index in [1.807, 2.05) is 6.92 Å². The quantitative estimate of drug-likeness (QED) is 0.384. The number of aliphatic hydroxyl groups excluding tert-OH is 1. The molecular formula is C23H26N4O6. The zero-order valence-electron chi connectivity index (χ0n) is 18.3. The number of amides is 3. The third kappa shape index (κ3) is 6.71. The number of carbonyl (C=O) groups excluding carboxylic acids is 2. The van der Waals surface area contributed by atoms with Gasteiger partial charge in [0.2, 0.25) is 0 Å². The number of ether oxygens (including phenoxy) is 2. The minimum Gasteiger partial charge on any atom is -0.496 e. The van der Waals surface area contributed by atoms with Crippen LogP contribution >= 0.6 is 0 Å². The molecule has 174 valence electrons. The Kier molecular flexibility index (Phi) is 8.25. The highest BCUT2D eigenvalue weighted by Gasteiger charge is 2.13. The second-order valence-electron chi connectivity index (χ2n) is 7.03. The molecule has 0 saturated carbocycles. The summed E-state index contributed by atoms with van der Waals surface area (Å²) in [7, 11) is 1.53. The first kappa shape index (κ1) is 23.6. The lowest BCUT2D eigenvalue weighted by molar-refractivity contribution is 0.0553. The predicted molar refractivity (Wildman–Crippen MR) is 122 cm³/mol. The Labute approximate surface area is 190 Å². The maximum absolute atomic E-state index is 12.5. The van der Waals surface area contributed by atoms with E-state index in [1.165, 1.54) is 13.5 Å². The summed E-state index contributed by atoms with van der Waals surface area (Å²) in [5.74, 6) is 1.08. The average Bonchev–Trinajstić information content (AvgIpc) is 3.36. The first-order chi connectivity index (χ1) is 16.0. The van der Waals surface area contributed by atoms with E-state index in [9.17, 15) is 9.59 Å². The second kappa shape index (κ2) is 11.5. The molecule has 1 aromatic heterocycles. The molecule has 3 aromatic rings. The maximum atomic E-state index is 12.5. The molecule has 0 aliphatic rings. The zero-order valence-corrected chi connectivity index (χ0v) is 18.3. The van der Waals surface area contributed by atoms with E-state index in [1.54, 1.807) is 48.7 Å². The van der Waals surface area contributed by atoms with Gasteiger partial charge in [-0.15, -0.1) is 0 Å². The fourth-order valence-electron chi connectivity index (χ4n) is 2.99. The lowest BCUT2D eigenvalue weighted by atomic mass is 10.1. The third-order valence-corrected chi connectivity index (χ3v) is 4.71. The summed E-state index contributed by atoms with van der Waals surface area (Å²) < 4.78 is 15.8. The molecule has 1 atom stereocenters. The fourth-order valence-corrected chi connectivity index (χ4v) is 2.99. The molecule has 2 aromatic carbocycles. The lowest BCUT2D eigenvalue weighted by Gasteiger charge is -2.14. The van der Waals surface area contributed by atoms with E-state index in [0.29, 0.717) is 34.9 Å². The van der Waals surface area contributed by atoms with E-state index >= 15 is 0 Å². The van der Waals surface area contributed by atoms with Gasteiger partial charge in [0.15, 0.2) is 12.2 Å². The van der Waals surface area contributed by atoms with Crippen LogP contribution in [0.1, 0.15) is 18.9 Å². The molecule has 33 heavy (non-hydrogen) atoms. The number of hydrogen-bond acceptors (Lipinski definition) is 7. The van der Waals surface area contributed by atoms with Gasteiger partial charge in [0, 0.05) is 24.0 Å². The molecule has 0 radical (unpaired) electrons. The van der Waals surface area contributed by atoms with Crippen molar-refractivity contribution in [1.82, 2.24) is 10.3 Å². The van der Waals surface area contributed by atoms with Crippen LogP contribution in [0.15, 0.2) is 59.5 Å². The van der Waals surface area contributed by atoms with Crippen molar-refractivity contribution in [2.24, 2.45) is 0 Å². The maximum Gasteiger partial charge on any atom is 0.407 e. The highest BCUT2D eigenvalue weighted by atomic mass is 16.6. The molecule has 0 aliphatic heterocycles. The van der Waals surface area contributed by atoms with E-state index < -0.39 is 18.2 Å². The Morgan fingerprint density at radius 3 is 2.61 bits per heavy atom. The second-order valence-corrected chi connectivity index (χ2v) is 7.03. The summed E-state index contributed by atoms with van der Waals surface area (Å²) in [5.41, 5.74) is 2.55. The Bertz CT molecular complexity index is 1070. The topological polar surface area (TPSA) is 135 Å². The molecular weight excluding hydrogens is 428 g/mol. The van der Waals surface area contributed by atoms with Gasteiger partial charge in [-0.2, -0.15) is 0 Å². The SMILES string of the molecule is CCC(CO)OC(=O)NCc1cccc(NC(=O)Nc2ccc(-c3cnco3)c(OC)c2)c1. The van der Waals surface area contributed by atoms with Crippen LogP contribution in [-0.2, 0) is 11.3 Å². The first-order valence-corrected chi connectivity index (χ1v) is 10.3. The summed E-state index contributed by atoms with van der Waals surface area (Å²) >= 11 is 0. The summed E-state index contributed by atoms with van der Waals surface area (Å²) in [4.78, 5) is 28.2. The minimum atomic E-state index is -0.616. The van der Waals surface area contributed by atoms with Gasteiger partial charge in [0.1, 0.15) is 11.9 Å². The molecule has 0 spiro atoms. The standard InChI is InChI=1S/C23H26N4O6/c1-3-18(13-28)33-23(30)25-11-15-5-4-6-16(9-15)26-22(29)27-17-7-8-19(20(10-17)31-2)21-12-24-14-32-21/h4-10,12,14,18,28H,3,11,13H2,1-2H3,(H,25,30)(H2,26,27,29). The number of methoxy groups -OCH3 is 1. The van der Waals surface area contributed by atoms with Crippen LogP contribution in [0.25, 0.3) is 11.3 Å². The molecule has 4 N–H and O–H groups in total. The first-order valence-electron chi connectivity index (χ1n) is 10.3. The molecule has 3 rings (SSSR count). The van der Waals surface area contributed by atoms with Crippen molar-refractivity contribution in [3.63, 3.8) is 0 Å². The van der Waals surface area contributed by atoms with Gasteiger partial charge >= 0.3 is 12.1 Å². The molecule has 0 saturated heterocycles. The number of nitrogens with one attached hydrogen (secondary N) is 3. The number of oxazole rings is 1. The third-order valence-electron chi connectivity index (χ3n) is 4.71. The van der Waals surface area contributed by atoms with Gasteiger partial charge in [-0.25, -0.2) is 14.6 Å². The zero-order chi connectivity index (χ0) is 23.6. The van der Waals surface area contributed by atoms with E-state index in [-0.39, 0.29) is 13.2 Å². The number of urea groups is 1. The van der Waals surface area contributed by atoms with Gasteiger partial charge < -0.3 is 34.9 Å². The van der Waals surface area contributed by atoms with Crippen LogP contribution in [0.4, 0.5) is 21.0 Å². The molecule has 0 aliphatic carbocycles. The Morgan fingerprint density at radius 2 is 1.94 bits per heavy atom. The molecule has 0 fully saturated rings. The number of alkyl carbamates (subject to hydrolysis) is 1. The highest BCUT2D eigenvalue weighted by Crippen LogP contribution is 2.32. The number of hydrogen-bond donors (Lipinski definition) is 4. The van der Waals surface area contributed by atoms with E-state index in [0.717, 1.165) is 5.56 Å². The predicted octanol–water partition coefficient (Wildman–Crippen LogP) is 3.99. The molecule has 1 unspecified atom stereocenters. The van der Waals surface area contributed by atoms with Crippen molar-refractivity contribution < 1.29 is 28.6 Å². The lowest BCUT2D eigenvalue weighted by Crippen LogP contribution is -2.30. The Morgan fingerprint density at radius 1 is 1.15 bits per heavy atom. The Balaban J connectivity index is 1.57. The van der Waals surface area contributed by atoms with Crippen LogP contribution in [0.2, 0.25) is 0 Å². The minimum absolute atomic E-state index is 0.206. The van der Waals surface area contributed by atoms with Gasteiger partial charge in [-0.05, 0) is 36.2 Å². The van der Waals surface area contributed by atoms with Crippen molar-refractivity contribution >= 4 is 23.5 Å². The number of rotatable bonds is 9. The van der Waals surface area contributed by atoms with E-state index in [4.69, 9.17) is 19.0 Å². The number of aromatic nitrogens is 1. The number of aliphatic hydroxyl groups is 1. The number of anilines is 2. The highest BCUT2D eigenvalue weighted by molar-refractivity contribution is 6.00. The fraction of sp³-hybridized carbons (Fsp3) is 0.261. The summed E-state index contributed by atoms with van der Waals surface area (Å²) in [5, 5.41) is 17.2. The van der Waals surface area contributed by atoms with Gasteiger partial charge in [0.25, 0.3) is 0 Å². The summed E-state index contributed by atoms with van der Waals surface area (Å²) in [6.45, 7) is 1.79. The van der Waals surface area contributed by atoms with Gasteiger partial charge in [-0.3, -0.25) is 0 Å². The number of benzene rings is 2. The van der Waals surface area contributed by atoms with Crippen molar-refractivity contribution in [3.05, 3.63) is 60.6 Å². The van der Waals surface area contributed by atoms with E-state index in [2.05, 4.69) is 20.9 Å². The van der Waals surface area contributed by atoms with Crippen molar-refractivity contribution in [2.45, 2.75) is 26.0 Å². The molecule has 1 heterocycles. The number of nitrogens with zero attached hydrogens (tertiary/aromatic N) is 1. The van der Waals surface area contributed by atoms with Crippen LogP contribution < -0.4 is 20.7 Å². The normalized spacial score (nSPS) is 11.4. The van der Waals surface area contributed by atoms with Crippen LogP contribution in [0.5, 0.6) is 5.75 Å². The average molecular weight is 454 g/mol. The van der Waals surface area contributed by atoms with Gasteiger partial charge in [0.05, 0.1) is 25.5 Å². The largest absolute Gasteiger partial charge is 0.496 e. The monoisotopic (exact) mass is 454 g/mol.